The third kappa shape index (κ3) is 2.61. The van der Waals surface area contributed by atoms with E-state index in [1.807, 2.05) is 30.5 Å². The Morgan fingerprint density at radius 1 is 1.26 bits per heavy atom. The summed E-state index contributed by atoms with van der Waals surface area (Å²) in [6.07, 6.45) is 1.85. The van der Waals surface area contributed by atoms with Gasteiger partial charge in [-0.05, 0) is 30.5 Å². The number of rotatable bonds is 3. The van der Waals surface area contributed by atoms with Gasteiger partial charge in [-0.25, -0.2) is 9.97 Å². The molecular formula is C13H12N4OS. The van der Waals surface area contributed by atoms with Gasteiger partial charge in [0.25, 0.3) is 0 Å². The molecule has 0 aliphatic carbocycles. The van der Waals surface area contributed by atoms with E-state index in [1.54, 1.807) is 7.11 Å². The third-order valence-corrected chi connectivity index (χ3v) is 3.24. The van der Waals surface area contributed by atoms with E-state index in [0.29, 0.717) is 16.3 Å². The van der Waals surface area contributed by atoms with Gasteiger partial charge in [-0.3, -0.25) is 0 Å². The van der Waals surface area contributed by atoms with Crippen molar-refractivity contribution < 1.29 is 4.74 Å². The predicted octanol–water partition coefficient (Wildman–Crippen LogP) is 2.33. The minimum atomic E-state index is 0.161. The van der Waals surface area contributed by atoms with Crippen molar-refractivity contribution in [1.29, 1.82) is 5.26 Å². The van der Waals surface area contributed by atoms with Crippen LogP contribution in [0.15, 0.2) is 29.3 Å². The van der Waals surface area contributed by atoms with E-state index in [-0.39, 0.29) is 5.95 Å². The SMILES string of the molecule is COc1ccc(-c2nc(N)nc(SC)c2C#N)cc1. The van der Waals surface area contributed by atoms with Gasteiger partial charge >= 0.3 is 0 Å². The Bertz CT molecular complexity index is 634. The number of nitrogen functional groups attached to an aromatic ring is 1. The number of nitrogens with zero attached hydrogens (tertiary/aromatic N) is 3. The number of ether oxygens (including phenoxy) is 1. The molecule has 2 aromatic rings. The van der Waals surface area contributed by atoms with Gasteiger partial charge in [0.15, 0.2) is 0 Å². The Morgan fingerprint density at radius 3 is 2.47 bits per heavy atom. The zero-order valence-electron chi connectivity index (χ0n) is 10.5. The molecule has 19 heavy (non-hydrogen) atoms. The van der Waals surface area contributed by atoms with Gasteiger partial charge in [-0.2, -0.15) is 5.26 Å². The summed E-state index contributed by atoms with van der Waals surface area (Å²) in [7, 11) is 1.60. The second-order valence-corrected chi connectivity index (χ2v) is 4.45. The molecule has 0 saturated heterocycles. The lowest BCUT2D eigenvalue weighted by Crippen LogP contribution is -2.02. The summed E-state index contributed by atoms with van der Waals surface area (Å²) >= 11 is 1.37. The summed E-state index contributed by atoms with van der Waals surface area (Å²) in [5, 5.41) is 9.86. The molecular weight excluding hydrogens is 260 g/mol. The molecule has 1 aromatic heterocycles. The molecule has 2 N–H and O–H groups in total. The maximum Gasteiger partial charge on any atom is 0.221 e. The Kier molecular flexibility index (Phi) is 3.88. The fourth-order valence-electron chi connectivity index (χ4n) is 1.66. The number of nitriles is 1. The first-order valence-corrected chi connectivity index (χ1v) is 6.68. The van der Waals surface area contributed by atoms with Crippen LogP contribution in [0.1, 0.15) is 5.56 Å². The molecule has 0 radical (unpaired) electrons. The lowest BCUT2D eigenvalue weighted by Gasteiger charge is -2.08. The van der Waals surface area contributed by atoms with Gasteiger partial charge in [0.1, 0.15) is 22.4 Å². The van der Waals surface area contributed by atoms with Crippen molar-refractivity contribution in [1.82, 2.24) is 9.97 Å². The van der Waals surface area contributed by atoms with E-state index in [9.17, 15) is 5.26 Å². The normalized spacial score (nSPS) is 9.95. The van der Waals surface area contributed by atoms with Crippen molar-refractivity contribution >= 4 is 17.7 Å². The van der Waals surface area contributed by atoms with Crippen molar-refractivity contribution in [2.24, 2.45) is 0 Å². The van der Waals surface area contributed by atoms with Crippen molar-refractivity contribution in [3.63, 3.8) is 0 Å². The zero-order chi connectivity index (χ0) is 13.8. The van der Waals surface area contributed by atoms with Gasteiger partial charge in [0.05, 0.1) is 12.8 Å². The first-order chi connectivity index (χ1) is 9.19. The fourth-order valence-corrected chi connectivity index (χ4v) is 2.19. The van der Waals surface area contributed by atoms with Crippen LogP contribution in [0.4, 0.5) is 5.95 Å². The van der Waals surface area contributed by atoms with Crippen molar-refractivity contribution in [3.05, 3.63) is 29.8 Å². The third-order valence-electron chi connectivity index (χ3n) is 2.56. The predicted molar refractivity (Wildman–Crippen MR) is 74.9 cm³/mol. The number of hydrogen-bond acceptors (Lipinski definition) is 6. The minimum absolute atomic E-state index is 0.161. The largest absolute Gasteiger partial charge is 0.497 e. The summed E-state index contributed by atoms with van der Waals surface area (Å²) < 4.78 is 5.10. The number of aromatic nitrogens is 2. The van der Waals surface area contributed by atoms with E-state index in [1.165, 1.54) is 11.8 Å². The van der Waals surface area contributed by atoms with Crippen molar-refractivity contribution in [3.8, 4) is 23.1 Å². The van der Waals surface area contributed by atoms with Crippen LogP contribution < -0.4 is 10.5 Å². The van der Waals surface area contributed by atoms with E-state index >= 15 is 0 Å². The highest BCUT2D eigenvalue weighted by molar-refractivity contribution is 7.98. The molecule has 1 heterocycles. The molecule has 1 aromatic carbocycles. The lowest BCUT2D eigenvalue weighted by molar-refractivity contribution is 0.415. The number of nitrogens with two attached hydrogens (primary N) is 1. The number of anilines is 1. The summed E-state index contributed by atoms with van der Waals surface area (Å²) in [5.41, 5.74) is 7.47. The Balaban J connectivity index is 2.60. The highest BCUT2D eigenvalue weighted by atomic mass is 32.2. The van der Waals surface area contributed by atoms with Crippen molar-refractivity contribution in [2.45, 2.75) is 5.03 Å². The minimum Gasteiger partial charge on any atom is -0.497 e. The van der Waals surface area contributed by atoms with Crippen LogP contribution in [0.5, 0.6) is 5.75 Å². The highest BCUT2D eigenvalue weighted by Gasteiger charge is 2.14. The van der Waals surface area contributed by atoms with Crippen LogP contribution in [-0.2, 0) is 0 Å². The standard InChI is InChI=1S/C13H12N4OS/c1-18-9-5-3-8(4-6-9)11-10(7-14)12(19-2)17-13(15)16-11/h3-6H,1-2H3,(H2,15,16,17). The fraction of sp³-hybridized carbons (Fsp3) is 0.154. The quantitative estimate of drug-likeness (QED) is 0.681. The summed E-state index contributed by atoms with van der Waals surface area (Å²) in [4.78, 5) is 8.23. The monoisotopic (exact) mass is 272 g/mol. The molecule has 96 valence electrons. The Morgan fingerprint density at radius 2 is 1.95 bits per heavy atom. The summed E-state index contributed by atoms with van der Waals surface area (Å²) in [6.45, 7) is 0. The molecule has 0 bridgehead atoms. The van der Waals surface area contributed by atoms with E-state index in [0.717, 1.165) is 11.3 Å². The molecule has 5 nitrogen and oxygen atoms in total. The number of thioether (sulfide) groups is 1. The van der Waals surface area contributed by atoms with E-state index in [4.69, 9.17) is 10.5 Å². The second-order valence-electron chi connectivity index (χ2n) is 3.65. The van der Waals surface area contributed by atoms with Crippen LogP contribution in [-0.4, -0.2) is 23.3 Å². The molecule has 0 saturated carbocycles. The zero-order valence-corrected chi connectivity index (χ0v) is 11.4. The number of benzene rings is 1. The molecule has 0 fully saturated rings. The molecule has 0 aliphatic rings. The molecule has 0 atom stereocenters. The average Bonchev–Trinajstić information content (AvgIpc) is 2.46. The topological polar surface area (TPSA) is 84.8 Å². The van der Waals surface area contributed by atoms with Crippen LogP contribution in [0.2, 0.25) is 0 Å². The van der Waals surface area contributed by atoms with Gasteiger partial charge in [-0.1, -0.05) is 0 Å². The first-order valence-electron chi connectivity index (χ1n) is 5.45. The average molecular weight is 272 g/mol. The molecule has 0 spiro atoms. The molecule has 2 rings (SSSR count). The van der Waals surface area contributed by atoms with Crippen LogP contribution in [0, 0.1) is 11.3 Å². The van der Waals surface area contributed by atoms with Crippen LogP contribution >= 0.6 is 11.8 Å². The first kappa shape index (κ1) is 13.2. The lowest BCUT2D eigenvalue weighted by atomic mass is 10.1. The molecule has 0 aliphatic heterocycles. The van der Waals surface area contributed by atoms with Gasteiger partial charge in [0, 0.05) is 5.56 Å². The molecule has 0 unspecified atom stereocenters. The van der Waals surface area contributed by atoms with Crippen LogP contribution in [0.25, 0.3) is 11.3 Å². The molecule has 6 heteroatoms. The van der Waals surface area contributed by atoms with E-state index in [2.05, 4.69) is 16.0 Å². The van der Waals surface area contributed by atoms with Crippen LogP contribution in [0.3, 0.4) is 0 Å². The van der Waals surface area contributed by atoms with Gasteiger partial charge in [0.2, 0.25) is 5.95 Å². The van der Waals surface area contributed by atoms with Gasteiger partial charge in [-0.15, -0.1) is 11.8 Å². The summed E-state index contributed by atoms with van der Waals surface area (Å²) in [5.74, 6) is 0.906. The highest BCUT2D eigenvalue weighted by Crippen LogP contribution is 2.29. The number of methoxy groups -OCH3 is 1. The Labute approximate surface area is 115 Å². The smallest absolute Gasteiger partial charge is 0.221 e. The molecule has 0 amide bonds. The maximum absolute atomic E-state index is 9.27. The van der Waals surface area contributed by atoms with Gasteiger partial charge < -0.3 is 10.5 Å². The number of hydrogen-bond donors (Lipinski definition) is 1. The maximum atomic E-state index is 9.27. The Hall–Kier alpha value is -2.26. The second kappa shape index (κ2) is 5.59. The van der Waals surface area contributed by atoms with Crippen molar-refractivity contribution in [2.75, 3.05) is 19.1 Å². The summed E-state index contributed by atoms with van der Waals surface area (Å²) in [6, 6.07) is 9.44. The van der Waals surface area contributed by atoms with E-state index < -0.39 is 0 Å².